The summed E-state index contributed by atoms with van der Waals surface area (Å²) in [5, 5.41) is 12.1. The number of ether oxygens (including phenoxy) is 1. The van der Waals surface area contributed by atoms with Crippen molar-refractivity contribution in [2.75, 3.05) is 33.1 Å². The highest BCUT2D eigenvalue weighted by Crippen LogP contribution is 2.44. The van der Waals surface area contributed by atoms with Crippen molar-refractivity contribution in [3.8, 4) is 28.3 Å². The molecule has 49 heavy (non-hydrogen) atoms. The molecule has 0 spiro atoms. The molecule has 1 aliphatic carbocycles. The molecule has 5 aromatic rings. The van der Waals surface area contributed by atoms with Crippen LogP contribution < -0.4 is 20.9 Å². The molecule has 11 heteroatoms. The van der Waals surface area contributed by atoms with Crippen LogP contribution in [0, 0.1) is 13.8 Å². The van der Waals surface area contributed by atoms with Crippen LogP contribution in [0.25, 0.3) is 33.2 Å². The van der Waals surface area contributed by atoms with E-state index in [0.29, 0.717) is 28.5 Å². The van der Waals surface area contributed by atoms with Gasteiger partial charge in [-0.2, -0.15) is 5.10 Å². The number of pyridine rings is 2. The molecule has 2 N–H and O–H groups in total. The van der Waals surface area contributed by atoms with Gasteiger partial charge in [-0.1, -0.05) is 41.9 Å². The summed E-state index contributed by atoms with van der Waals surface area (Å²) in [5.41, 5.74) is 8.11. The highest BCUT2D eigenvalue weighted by molar-refractivity contribution is 6.36. The average Bonchev–Trinajstić information content (AvgIpc) is 3.53. The van der Waals surface area contributed by atoms with E-state index in [4.69, 9.17) is 21.3 Å². The van der Waals surface area contributed by atoms with Crippen molar-refractivity contribution >= 4 is 39.8 Å². The van der Waals surface area contributed by atoms with E-state index in [2.05, 4.69) is 38.7 Å². The molecule has 1 aliphatic rings. The zero-order valence-electron chi connectivity index (χ0n) is 28.9. The summed E-state index contributed by atoms with van der Waals surface area (Å²) in [7, 11) is 7.11. The summed E-state index contributed by atoms with van der Waals surface area (Å²) < 4.78 is 7.21. The van der Waals surface area contributed by atoms with Gasteiger partial charge in [0, 0.05) is 60.0 Å². The van der Waals surface area contributed by atoms with Gasteiger partial charge in [0.25, 0.3) is 5.56 Å². The van der Waals surface area contributed by atoms with Gasteiger partial charge in [0.2, 0.25) is 11.8 Å². The Hall–Kier alpha value is -4.80. The van der Waals surface area contributed by atoms with E-state index < -0.39 is 0 Å². The van der Waals surface area contributed by atoms with Gasteiger partial charge in [0.15, 0.2) is 0 Å². The average molecular weight is 680 g/mol. The first-order chi connectivity index (χ1) is 23.6. The third-order valence-electron chi connectivity index (χ3n) is 9.51. The molecule has 0 aliphatic heterocycles. The Bertz CT molecular complexity index is 2110. The molecule has 0 saturated heterocycles. The maximum absolute atomic E-state index is 13.1. The Labute approximate surface area is 291 Å². The number of nitrogens with one attached hydrogen (secondary N) is 2. The van der Waals surface area contributed by atoms with Crippen molar-refractivity contribution in [3.63, 3.8) is 0 Å². The predicted octanol–water partition coefficient (Wildman–Crippen LogP) is 6.92. The monoisotopic (exact) mass is 679 g/mol. The van der Waals surface area contributed by atoms with E-state index in [1.54, 1.807) is 27.4 Å². The maximum atomic E-state index is 13.1. The number of anilines is 2. The summed E-state index contributed by atoms with van der Waals surface area (Å²) >= 11 is 7.23. The Morgan fingerprint density at radius 1 is 1.08 bits per heavy atom. The number of aromatic nitrogens is 4. The van der Waals surface area contributed by atoms with Gasteiger partial charge in [-0.25, -0.2) is 14.6 Å². The number of carbonyl (C=O) groups excluding carboxylic acids is 1. The van der Waals surface area contributed by atoms with Crippen LogP contribution in [0.2, 0.25) is 5.02 Å². The van der Waals surface area contributed by atoms with Gasteiger partial charge in [-0.3, -0.25) is 14.5 Å². The summed E-state index contributed by atoms with van der Waals surface area (Å²) in [6, 6.07) is 16.2. The van der Waals surface area contributed by atoms with Gasteiger partial charge >= 0.3 is 0 Å². The first-order valence-corrected chi connectivity index (χ1v) is 17.0. The predicted molar refractivity (Wildman–Crippen MR) is 196 cm³/mol. The van der Waals surface area contributed by atoms with Crippen LogP contribution in [0.4, 0.5) is 11.5 Å². The molecule has 0 radical (unpaired) electrons. The van der Waals surface area contributed by atoms with Gasteiger partial charge in [0.05, 0.1) is 29.4 Å². The quantitative estimate of drug-likeness (QED) is 0.145. The second kappa shape index (κ2) is 14.4. The minimum absolute atomic E-state index is 0.0778. The molecule has 254 valence electrons. The molecule has 1 amide bonds. The standard InChI is InChI=1S/C38H42ClN7O3/c1-22-19-25-21-41-46(5)38(48)34(25)36(42-22)43-29-14-10-11-26(23(29)2)27-12-9-13-28(35(27)39)30-20-24-16-17-31(33(24)37(44-30)49-6)45(4)18-8-7-15-32(47)40-3/h9-14,19-21,31H,7-8,15-18H2,1-6H3,(H,40,47)(H,42,43). The van der Waals surface area contributed by atoms with Gasteiger partial charge < -0.3 is 15.4 Å². The van der Waals surface area contributed by atoms with E-state index in [-0.39, 0.29) is 17.5 Å². The molecule has 0 bridgehead atoms. The molecule has 1 atom stereocenters. The van der Waals surface area contributed by atoms with Crippen molar-refractivity contribution in [2.24, 2.45) is 7.05 Å². The van der Waals surface area contributed by atoms with Gasteiger partial charge in [-0.15, -0.1) is 0 Å². The topological polar surface area (TPSA) is 114 Å². The van der Waals surface area contributed by atoms with Crippen LogP contribution in [-0.2, 0) is 18.3 Å². The lowest BCUT2D eigenvalue weighted by molar-refractivity contribution is -0.120. The molecular formula is C38H42ClN7O3. The molecule has 10 nitrogen and oxygen atoms in total. The minimum atomic E-state index is -0.217. The number of nitrogens with zero attached hydrogens (tertiary/aromatic N) is 5. The first-order valence-electron chi connectivity index (χ1n) is 16.6. The number of aryl methyl sites for hydroxylation is 3. The maximum Gasteiger partial charge on any atom is 0.278 e. The van der Waals surface area contributed by atoms with Crippen LogP contribution in [0.5, 0.6) is 5.88 Å². The number of hydrogen-bond acceptors (Lipinski definition) is 8. The summed E-state index contributed by atoms with van der Waals surface area (Å²) in [5.74, 6) is 1.18. The van der Waals surface area contributed by atoms with Crippen molar-refractivity contribution in [2.45, 2.75) is 52.0 Å². The summed E-state index contributed by atoms with van der Waals surface area (Å²) in [6.45, 7) is 4.82. The number of amides is 1. The number of rotatable bonds is 11. The molecule has 0 fully saturated rings. The number of unbranched alkanes of at least 4 members (excludes halogenated alkanes) is 1. The molecule has 6 rings (SSSR count). The third-order valence-corrected chi connectivity index (χ3v) is 9.91. The number of fused-ring (bicyclic) bond motifs is 2. The largest absolute Gasteiger partial charge is 0.481 e. The second-order valence-corrected chi connectivity index (χ2v) is 13.1. The van der Waals surface area contributed by atoms with Crippen LogP contribution in [0.3, 0.4) is 0 Å². The second-order valence-electron chi connectivity index (χ2n) is 12.7. The lowest BCUT2D eigenvalue weighted by atomic mass is 9.96. The number of methoxy groups -OCH3 is 1. The van der Waals surface area contributed by atoms with E-state index in [1.165, 1.54) is 10.2 Å². The molecular weight excluding hydrogens is 638 g/mol. The van der Waals surface area contributed by atoms with Crippen LogP contribution in [0.15, 0.2) is 59.5 Å². The summed E-state index contributed by atoms with van der Waals surface area (Å²) in [4.78, 5) is 36.7. The van der Waals surface area contributed by atoms with Crippen molar-refractivity contribution in [3.05, 3.63) is 92.5 Å². The fourth-order valence-electron chi connectivity index (χ4n) is 6.85. The lowest BCUT2D eigenvalue weighted by Gasteiger charge is -2.26. The Balaban J connectivity index is 1.31. The molecule has 1 unspecified atom stereocenters. The number of hydrogen-bond donors (Lipinski definition) is 2. The van der Waals surface area contributed by atoms with E-state index >= 15 is 0 Å². The van der Waals surface area contributed by atoms with Crippen molar-refractivity contribution in [1.29, 1.82) is 0 Å². The molecule has 0 saturated carbocycles. The van der Waals surface area contributed by atoms with Gasteiger partial charge in [-0.05, 0) is 88.0 Å². The fourth-order valence-corrected chi connectivity index (χ4v) is 7.18. The lowest BCUT2D eigenvalue weighted by Crippen LogP contribution is -2.25. The zero-order valence-corrected chi connectivity index (χ0v) is 29.6. The first kappa shape index (κ1) is 34.1. The summed E-state index contributed by atoms with van der Waals surface area (Å²) in [6.07, 6.45) is 5.91. The Kier molecular flexibility index (Phi) is 9.99. The Morgan fingerprint density at radius 2 is 1.84 bits per heavy atom. The van der Waals surface area contributed by atoms with Crippen LogP contribution >= 0.6 is 11.6 Å². The van der Waals surface area contributed by atoms with Crippen LogP contribution in [0.1, 0.15) is 54.1 Å². The highest BCUT2D eigenvalue weighted by atomic mass is 35.5. The molecule has 3 heterocycles. The van der Waals surface area contributed by atoms with Crippen molar-refractivity contribution < 1.29 is 9.53 Å². The van der Waals surface area contributed by atoms with Crippen molar-refractivity contribution in [1.82, 2.24) is 30.0 Å². The normalized spacial score (nSPS) is 13.9. The smallest absolute Gasteiger partial charge is 0.278 e. The van der Waals surface area contributed by atoms with E-state index in [0.717, 1.165) is 82.5 Å². The Morgan fingerprint density at radius 3 is 2.61 bits per heavy atom. The number of benzene rings is 2. The molecule has 2 aromatic carbocycles. The van der Waals surface area contributed by atoms with E-state index in [1.807, 2.05) is 56.3 Å². The third kappa shape index (κ3) is 6.75. The highest BCUT2D eigenvalue weighted by Gasteiger charge is 2.31. The van der Waals surface area contributed by atoms with E-state index in [9.17, 15) is 9.59 Å². The molecule has 3 aromatic heterocycles. The minimum Gasteiger partial charge on any atom is -0.481 e. The van der Waals surface area contributed by atoms with Crippen LogP contribution in [-0.4, -0.2) is 58.3 Å². The fraction of sp³-hybridized carbons (Fsp3) is 0.342. The SMILES string of the molecule is CNC(=O)CCCCN(C)C1CCc2cc(-c3cccc(-c4cccc(Nc5nc(C)cc6cnn(C)c(=O)c56)c4C)c3Cl)nc(OC)c21. The van der Waals surface area contributed by atoms with Gasteiger partial charge in [0.1, 0.15) is 5.82 Å². The zero-order chi connectivity index (χ0) is 34.8. The number of carbonyl (C=O) groups is 1. The number of halogens is 1.